The molecule has 0 aliphatic rings. The lowest BCUT2D eigenvalue weighted by Crippen LogP contribution is -2.34. The first-order valence-corrected chi connectivity index (χ1v) is 6.48. The van der Waals surface area contributed by atoms with Crippen molar-refractivity contribution in [3.63, 3.8) is 0 Å². The van der Waals surface area contributed by atoms with Gasteiger partial charge in [0.2, 0.25) is 0 Å². The molecule has 0 amide bonds. The summed E-state index contributed by atoms with van der Waals surface area (Å²) in [5.41, 5.74) is 1.93. The van der Waals surface area contributed by atoms with E-state index in [1.54, 1.807) is 7.11 Å². The fourth-order valence-electron chi connectivity index (χ4n) is 1.88. The Morgan fingerprint density at radius 3 is 2.61 bits per heavy atom. The smallest absolute Gasteiger partial charge is 0.129 e. The van der Waals surface area contributed by atoms with Gasteiger partial charge in [-0.2, -0.15) is 0 Å². The molecule has 1 aromatic heterocycles. The Kier molecular flexibility index (Phi) is 6.09. The number of pyridine rings is 1. The predicted octanol–water partition coefficient (Wildman–Crippen LogP) is 2.00. The Bertz CT molecular complexity index is 345. The molecule has 0 aromatic carbocycles. The van der Waals surface area contributed by atoms with E-state index in [1.807, 2.05) is 12.1 Å². The van der Waals surface area contributed by atoms with E-state index in [0.29, 0.717) is 12.6 Å². The maximum absolute atomic E-state index is 9.31. The minimum absolute atomic E-state index is 0.0543. The van der Waals surface area contributed by atoms with Gasteiger partial charge in [-0.05, 0) is 38.0 Å². The molecule has 102 valence electrons. The highest BCUT2D eigenvalue weighted by molar-refractivity contribution is 5.43. The van der Waals surface area contributed by atoms with Crippen LogP contribution in [-0.2, 0) is 17.8 Å². The topological polar surface area (TPSA) is 45.6 Å². The normalized spacial score (nSPS) is 11.0. The van der Waals surface area contributed by atoms with Crippen LogP contribution in [0.2, 0.25) is 0 Å². The fourth-order valence-corrected chi connectivity index (χ4v) is 1.88. The molecule has 18 heavy (non-hydrogen) atoms. The van der Waals surface area contributed by atoms with Crippen LogP contribution in [0.1, 0.15) is 32.0 Å². The van der Waals surface area contributed by atoms with Crippen LogP contribution in [0.25, 0.3) is 0 Å². The third-order valence-electron chi connectivity index (χ3n) is 2.92. The molecule has 1 aromatic rings. The van der Waals surface area contributed by atoms with Crippen molar-refractivity contribution in [3.05, 3.63) is 23.4 Å². The van der Waals surface area contributed by atoms with Crippen molar-refractivity contribution in [2.75, 3.05) is 25.2 Å². The Balaban J connectivity index is 3.02. The van der Waals surface area contributed by atoms with Crippen molar-refractivity contribution in [2.24, 2.45) is 0 Å². The lowest BCUT2D eigenvalue weighted by molar-refractivity contribution is 0.203. The Labute approximate surface area is 110 Å². The second-order valence-electron chi connectivity index (χ2n) is 4.62. The minimum Gasteiger partial charge on any atom is -0.392 e. The highest BCUT2D eigenvalue weighted by atomic mass is 16.5. The third-order valence-corrected chi connectivity index (χ3v) is 2.92. The molecule has 1 N–H and O–H groups in total. The van der Waals surface area contributed by atoms with E-state index in [4.69, 9.17) is 4.74 Å². The van der Waals surface area contributed by atoms with Gasteiger partial charge in [-0.15, -0.1) is 0 Å². The van der Waals surface area contributed by atoms with E-state index >= 15 is 0 Å². The van der Waals surface area contributed by atoms with Gasteiger partial charge < -0.3 is 14.7 Å². The molecule has 1 rings (SSSR count). The quantitative estimate of drug-likeness (QED) is 0.806. The van der Waals surface area contributed by atoms with Crippen LogP contribution in [0.4, 0.5) is 5.82 Å². The second-order valence-corrected chi connectivity index (χ2v) is 4.62. The van der Waals surface area contributed by atoms with Crippen molar-refractivity contribution in [3.8, 4) is 0 Å². The molecule has 0 bridgehead atoms. The van der Waals surface area contributed by atoms with Gasteiger partial charge in [0.25, 0.3) is 0 Å². The number of ether oxygens (including phenoxy) is 1. The molecule has 1 heterocycles. The molecule has 0 atom stereocenters. The zero-order valence-electron chi connectivity index (χ0n) is 11.8. The van der Waals surface area contributed by atoms with Crippen LogP contribution in [-0.4, -0.2) is 36.4 Å². The summed E-state index contributed by atoms with van der Waals surface area (Å²) in [6.07, 6.45) is 0.872. The standard InChI is InChI=1S/C14H24N2O2/c1-5-13-8-12(10-17)9-14(15-13)16(11(2)3)6-7-18-4/h8-9,11,17H,5-7,10H2,1-4H3. The fraction of sp³-hybridized carbons (Fsp3) is 0.643. The monoisotopic (exact) mass is 252 g/mol. The number of hydrogen-bond acceptors (Lipinski definition) is 4. The predicted molar refractivity (Wildman–Crippen MR) is 73.9 cm³/mol. The van der Waals surface area contributed by atoms with Gasteiger partial charge in [0.15, 0.2) is 0 Å². The lowest BCUT2D eigenvalue weighted by atomic mass is 10.2. The van der Waals surface area contributed by atoms with Crippen molar-refractivity contribution < 1.29 is 9.84 Å². The van der Waals surface area contributed by atoms with Gasteiger partial charge in [-0.3, -0.25) is 0 Å². The molecule has 0 saturated heterocycles. The molecule has 4 nitrogen and oxygen atoms in total. The maximum Gasteiger partial charge on any atom is 0.129 e. The number of rotatable bonds is 7. The van der Waals surface area contributed by atoms with E-state index in [1.165, 1.54) is 0 Å². The number of aryl methyl sites for hydroxylation is 1. The summed E-state index contributed by atoms with van der Waals surface area (Å²) in [4.78, 5) is 6.83. The molecule has 0 fully saturated rings. The van der Waals surface area contributed by atoms with Gasteiger partial charge in [-0.1, -0.05) is 6.92 Å². The number of methoxy groups -OCH3 is 1. The summed E-state index contributed by atoms with van der Waals surface area (Å²) in [5, 5.41) is 9.31. The summed E-state index contributed by atoms with van der Waals surface area (Å²) in [7, 11) is 1.70. The van der Waals surface area contributed by atoms with Crippen molar-refractivity contribution in [2.45, 2.75) is 39.8 Å². The molecular weight excluding hydrogens is 228 g/mol. The van der Waals surface area contributed by atoms with E-state index in [-0.39, 0.29) is 6.61 Å². The largest absolute Gasteiger partial charge is 0.392 e. The highest BCUT2D eigenvalue weighted by Gasteiger charge is 2.13. The Morgan fingerprint density at radius 2 is 2.11 bits per heavy atom. The molecule has 0 aliphatic carbocycles. The summed E-state index contributed by atoms with van der Waals surface area (Å²) in [6.45, 7) is 7.87. The zero-order chi connectivity index (χ0) is 13.5. The lowest BCUT2D eigenvalue weighted by Gasteiger charge is -2.28. The molecule has 0 radical (unpaired) electrons. The highest BCUT2D eigenvalue weighted by Crippen LogP contribution is 2.18. The summed E-state index contributed by atoms with van der Waals surface area (Å²) in [5.74, 6) is 0.922. The number of aliphatic hydroxyl groups is 1. The van der Waals surface area contributed by atoms with Gasteiger partial charge in [0, 0.05) is 25.4 Å². The van der Waals surface area contributed by atoms with Crippen LogP contribution >= 0.6 is 0 Å². The van der Waals surface area contributed by atoms with E-state index in [9.17, 15) is 5.11 Å². The van der Waals surface area contributed by atoms with Crippen LogP contribution < -0.4 is 4.90 Å². The van der Waals surface area contributed by atoms with Gasteiger partial charge in [0.1, 0.15) is 5.82 Å². The minimum atomic E-state index is 0.0543. The summed E-state index contributed by atoms with van der Waals surface area (Å²) >= 11 is 0. The number of anilines is 1. The van der Waals surface area contributed by atoms with E-state index in [0.717, 1.165) is 30.0 Å². The van der Waals surface area contributed by atoms with Crippen LogP contribution in [0.3, 0.4) is 0 Å². The van der Waals surface area contributed by atoms with Crippen molar-refractivity contribution in [1.82, 2.24) is 4.98 Å². The third kappa shape index (κ3) is 3.96. The SMILES string of the molecule is CCc1cc(CO)cc(N(CCOC)C(C)C)n1. The Morgan fingerprint density at radius 1 is 1.39 bits per heavy atom. The molecule has 0 saturated carbocycles. The average Bonchev–Trinajstić information content (AvgIpc) is 2.38. The second kappa shape index (κ2) is 7.34. The van der Waals surface area contributed by atoms with Crippen LogP contribution in [0, 0.1) is 0 Å². The molecule has 0 unspecified atom stereocenters. The Hall–Kier alpha value is -1.13. The first kappa shape index (κ1) is 14.9. The molecule has 0 spiro atoms. The number of nitrogens with zero attached hydrogens (tertiary/aromatic N) is 2. The zero-order valence-corrected chi connectivity index (χ0v) is 11.8. The van der Waals surface area contributed by atoms with E-state index < -0.39 is 0 Å². The average molecular weight is 252 g/mol. The van der Waals surface area contributed by atoms with Crippen molar-refractivity contribution in [1.29, 1.82) is 0 Å². The van der Waals surface area contributed by atoms with Crippen LogP contribution in [0.15, 0.2) is 12.1 Å². The van der Waals surface area contributed by atoms with Gasteiger partial charge in [0.05, 0.1) is 13.2 Å². The van der Waals surface area contributed by atoms with Gasteiger partial charge in [-0.25, -0.2) is 4.98 Å². The van der Waals surface area contributed by atoms with Gasteiger partial charge >= 0.3 is 0 Å². The maximum atomic E-state index is 9.31. The number of aromatic nitrogens is 1. The van der Waals surface area contributed by atoms with Crippen LogP contribution in [0.5, 0.6) is 0 Å². The summed E-state index contributed by atoms with van der Waals surface area (Å²) < 4.78 is 5.14. The van der Waals surface area contributed by atoms with Crippen molar-refractivity contribution >= 4 is 5.82 Å². The number of aliphatic hydroxyl groups excluding tert-OH is 1. The first-order chi connectivity index (χ1) is 8.62. The molecule has 0 aliphatic heterocycles. The van der Waals surface area contributed by atoms with E-state index in [2.05, 4.69) is 30.7 Å². The first-order valence-electron chi connectivity index (χ1n) is 6.48. The summed E-state index contributed by atoms with van der Waals surface area (Å²) in [6, 6.07) is 4.26. The number of hydrogen-bond donors (Lipinski definition) is 1. The molecule has 4 heteroatoms. The molecular formula is C14H24N2O2.